The Morgan fingerprint density at radius 1 is 1.07 bits per heavy atom. The highest BCUT2D eigenvalue weighted by atomic mass is 32.2. The van der Waals surface area contributed by atoms with Gasteiger partial charge in [-0.15, -0.1) is 10.2 Å². The molecule has 0 unspecified atom stereocenters. The van der Waals surface area contributed by atoms with Gasteiger partial charge in [-0.2, -0.15) is 0 Å². The molecule has 0 radical (unpaired) electrons. The van der Waals surface area contributed by atoms with Crippen LogP contribution in [0.4, 0.5) is 5.69 Å². The number of thioether (sulfide) groups is 2. The fourth-order valence-corrected chi connectivity index (χ4v) is 5.38. The van der Waals surface area contributed by atoms with Gasteiger partial charge in [0.25, 0.3) is 0 Å². The third-order valence-electron chi connectivity index (χ3n) is 3.80. The Bertz CT molecular complexity index is 1090. The van der Waals surface area contributed by atoms with Crippen LogP contribution in [0.2, 0.25) is 0 Å². The molecule has 4 rings (SSSR count). The first-order valence-corrected chi connectivity index (χ1v) is 11.3. The maximum Gasteiger partial charge on any atom is 0.234 e. The van der Waals surface area contributed by atoms with Gasteiger partial charge >= 0.3 is 0 Å². The Balaban J connectivity index is 1.40. The molecule has 2 aromatic carbocycles. The number of fused-ring (bicyclic) bond motifs is 3. The van der Waals surface area contributed by atoms with Crippen LogP contribution in [0.1, 0.15) is 13.3 Å². The number of carbonyl (C=O) groups is 1. The summed E-state index contributed by atoms with van der Waals surface area (Å²) >= 11 is 4.65. The molecule has 0 aliphatic carbocycles. The minimum atomic E-state index is -0.0647. The van der Waals surface area contributed by atoms with Crippen molar-refractivity contribution < 1.29 is 9.21 Å². The van der Waals surface area contributed by atoms with Crippen LogP contribution in [-0.2, 0) is 4.79 Å². The van der Waals surface area contributed by atoms with Crippen LogP contribution in [0.25, 0.3) is 21.9 Å². The molecule has 0 bridgehead atoms. The number of anilines is 1. The summed E-state index contributed by atoms with van der Waals surface area (Å²) < 4.78 is 7.59. The molecule has 5 nitrogen and oxygen atoms in total. The molecule has 1 N–H and O–H groups in total. The number of nitrogens with one attached hydrogen (secondary N) is 1. The monoisotopic (exact) mass is 415 g/mol. The van der Waals surface area contributed by atoms with E-state index in [9.17, 15) is 4.79 Å². The fraction of sp³-hybridized carbons (Fsp3) is 0.211. The van der Waals surface area contributed by atoms with Crippen LogP contribution in [0.15, 0.2) is 55.6 Å². The summed E-state index contributed by atoms with van der Waals surface area (Å²) in [5, 5.41) is 13.3. The highest BCUT2D eigenvalue weighted by Gasteiger charge is 2.11. The van der Waals surface area contributed by atoms with Crippen molar-refractivity contribution in [3.05, 3.63) is 42.5 Å². The molecule has 0 saturated carbocycles. The van der Waals surface area contributed by atoms with Gasteiger partial charge in [0.2, 0.25) is 5.91 Å². The summed E-state index contributed by atoms with van der Waals surface area (Å²) in [5.74, 6) is 1.27. The Kier molecular flexibility index (Phi) is 5.66. The van der Waals surface area contributed by atoms with E-state index in [1.807, 2.05) is 42.5 Å². The largest absolute Gasteiger partial charge is 0.456 e. The molecule has 0 aliphatic rings. The average molecular weight is 416 g/mol. The number of amides is 1. The number of furan rings is 1. The highest BCUT2D eigenvalue weighted by molar-refractivity contribution is 8.03. The quantitative estimate of drug-likeness (QED) is 0.392. The van der Waals surface area contributed by atoms with Gasteiger partial charge in [0, 0.05) is 22.2 Å². The van der Waals surface area contributed by atoms with Gasteiger partial charge in [-0.05, 0) is 30.7 Å². The number of carbonyl (C=O) groups excluding carboxylic acids is 1. The zero-order valence-corrected chi connectivity index (χ0v) is 17.0. The first-order valence-electron chi connectivity index (χ1n) is 8.53. The summed E-state index contributed by atoms with van der Waals surface area (Å²) in [6, 6.07) is 13.6. The summed E-state index contributed by atoms with van der Waals surface area (Å²) in [6.07, 6.45) is 1.10. The lowest BCUT2D eigenvalue weighted by molar-refractivity contribution is -0.113. The number of hydrogen-bond donors (Lipinski definition) is 1. The Morgan fingerprint density at radius 3 is 2.70 bits per heavy atom. The summed E-state index contributed by atoms with van der Waals surface area (Å²) in [5.41, 5.74) is 2.42. The van der Waals surface area contributed by atoms with E-state index in [2.05, 4.69) is 22.4 Å². The molecule has 0 atom stereocenters. The maximum absolute atomic E-state index is 12.3. The number of hydrogen-bond acceptors (Lipinski definition) is 7. The van der Waals surface area contributed by atoms with Gasteiger partial charge in [0.05, 0.1) is 5.75 Å². The van der Waals surface area contributed by atoms with E-state index in [4.69, 9.17) is 4.42 Å². The van der Waals surface area contributed by atoms with Gasteiger partial charge in [0.1, 0.15) is 11.2 Å². The second kappa shape index (κ2) is 8.33. The summed E-state index contributed by atoms with van der Waals surface area (Å²) in [6.45, 7) is 2.14. The molecule has 2 heterocycles. The molecule has 2 aromatic heterocycles. The van der Waals surface area contributed by atoms with Crippen LogP contribution >= 0.6 is 34.9 Å². The van der Waals surface area contributed by atoms with Crippen LogP contribution in [0.5, 0.6) is 0 Å². The molecule has 0 aliphatic heterocycles. The van der Waals surface area contributed by atoms with Gasteiger partial charge in [-0.1, -0.05) is 60.0 Å². The molecule has 4 aromatic rings. The van der Waals surface area contributed by atoms with E-state index in [-0.39, 0.29) is 5.91 Å². The van der Waals surface area contributed by atoms with Crippen molar-refractivity contribution in [2.45, 2.75) is 22.0 Å². The van der Waals surface area contributed by atoms with E-state index in [0.717, 1.165) is 48.5 Å². The Hall–Kier alpha value is -2.03. The summed E-state index contributed by atoms with van der Waals surface area (Å²) in [4.78, 5) is 12.3. The number of benzene rings is 2. The first-order chi connectivity index (χ1) is 13.2. The first kappa shape index (κ1) is 18.3. The van der Waals surface area contributed by atoms with Crippen molar-refractivity contribution in [1.29, 1.82) is 0 Å². The minimum Gasteiger partial charge on any atom is -0.456 e. The predicted octanol–water partition coefficient (Wildman–Crippen LogP) is 5.67. The smallest absolute Gasteiger partial charge is 0.234 e. The molecule has 27 heavy (non-hydrogen) atoms. The zero-order chi connectivity index (χ0) is 18.6. The number of rotatable bonds is 7. The normalized spacial score (nSPS) is 11.3. The zero-order valence-electron chi connectivity index (χ0n) is 14.6. The van der Waals surface area contributed by atoms with Gasteiger partial charge in [0.15, 0.2) is 8.68 Å². The van der Waals surface area contributed by atoms with Crippen molar-refractivity contribution in [2.75, 3.05) is 16.8 Å². The molecule has 0 saturated heterocycles. The van der Waals surface area contributed by atoms with Crippen LogP contribution in [0, 0.1) is 0 Å². The summed E-state index contributed by atoms with van der Waals surface area (Å²) in [7, 11) is 0. The molecule has 138 valence electrons. The minimum absolute atomic E-state index is 0.0647. The standard InChI is InChI=1S/C19H17N3O2S3/c1-2-9-25-18-21-22-19(27-18)26-11-17(23)20-12-7-8-16-14(10-12)13-5-3-4-6-15(13)24-16/h3-8,10H,2,9,11H2,1H3,(H,20,23). The van der Waals surface area contributed by atoms with Gasteiger partial charge in [-0.3, -0.25) is 4.79 Å². The SMILES string of the molecule is CCCSc1nnc(SCC(=O)Nc2ccc3oc4ccccc4c3c2)s1. The topological polar surface area (TPSA) is 68.0 Å². The molecule has 1 amide bonds. The van der Waals surface area contributed by atoms with E-state index >= 15 is 0 Å². The lowest BCUT2D eigenvalue weighted by Crippen LogP contribution is -2.13. The van der Waals surface area contributed by atoms with Crippen LogP contribution in [-0.4, -0.2) is 27.6 Å². The maximum atomic E-state index is 12.3. The van der Waals surface area contributed by atoms with E-state index in [1.165, 1.54) is 23.1 Å². The van der Waals surface area contributed by atoms with Crippen molar-refractivity contribution in [2.24, 2.45) is 0 Å². The van der Waals surface area contributed by atoms with E-state index in [0.29, 0.717) is 5.75 Å². The number of nitrogens with zero attached hydrogens (tertiary/aromatic N) is 2. The fourth-order valence-electron chi connectivity index (χ4n) is 2.63. The van der Waals surface area contributed by atoms with Crippen LogP contribution in [0.3, 0.4) is 0 Å². The lowest BCUT2D eigenvalue weighted by Gasteiger charge is -2.04. The van der Waals surface area contributed by atoms with Gasteiger partial charge in [-0.25, -0.2) is 0 Å². The number of para-hydroxylation sites is 1. The molecule has 0 fully saturated rings. The second-order valence-corrected chi connectivity index (χ2v) is 9.37. The third-order valence-corrected chi connectivity index (χ3v) is 7.20. The lowest BCUT2D eigenvalue weighted by atomic mass is 10.1. The molecule has 8 heteroatoms. The third kappa shape index (κ3) is 4.28. The molecule has 0 spiro atoms. The molecular formula is C19H17N3O2S3. The van der Waals surface area contributed by atoms with Gasteiger partial charge < -0.3 is 9.73 Å². The van der Waals surface area contributed by atoms with E-state index in [1.54, 1.807) is 11.8 Å². The highest BCUT2D eigenvalue weighted by Crippen LogP contribution is 2.31. The van der Waals surface area contributed by atoms with E-state index < -0.39 is 0 Å². The van der Waals surface area contributed by atoms with Crippen molar-refractivity contribution in [3.8, 4) is 0 Å². The Morgan fingerprint density at radius 2 is 1.85 bits per heavy atom. The van der Waals surface area contributed by atoms with Crippen LogP contribution < -0.4 is 5.32 Å². The number of aromatic nitrogens is 2. The Labute approximate surface area is 168 Å². The molecular weight excluding hydrogens is 398 g/mol. The average Bonchev–Trinajstić information content (AvgIpc) is 3.29. The van der Waals surface area contributed by atoms with Crippen molar-refractivity contribution in [3.63, 3.8) is 0 Å². The predicted molar refractivity (Wildman–Crippen MR) is 114 cm³/mol. The van der Waals surface area contributed by atoms with Crippen molar-refractivity contribution in [1.82, 2.24) is 10.2 Å². The second-order valence-electron chi connectivity index (χ2n) is 5.83. The van der Waals surface area contributed by atoms with Crippen molar-refractivity contribution >= 4 is 68.4 Å².